The summed E-state index contributed by atoms with van der Waals surface area (Å²) in [5.74, 6) is 1.22. The number of carbonyl (C=O) groups excluding carboxylic acids is 4. The molecule has 5 aromatic carbocycles. The molecule has 0 amide bonds. The zero-order valence-corrected chi connectivity index (χ0v) is 76.1. The molecule has 0 aromatic heterocycles. The minimum Gasteiger partial charge on any atom is -0.513 e. The molecule has 1 atom stereocenters. The maximum Gasteiger partial charge on any atom is 0.316 e. The zero-order chi connectivity index (χ0) is 75.8. The molecule has 5 aliphatic heterocycles. The number of ether oxygens (including phenoxy) is 1. The molecule has 11 N–H and O–H groups in total. The van der Waals surface area contributed by atoms with Gasteiger partial charge in [0.2, 0.25) is 0 Å². The molecule has 5 radical (unpaired) electrons. The largest absolute Gasteiger partial charge is 0.513 e. The first-order valence-corrected chi connectivity index (χ1v) is 33.9. The second kappa shape index (κ2) is 61.2. The van der Waals surface area contributed by atoms with Crippen LogP contribution in [-0.2, 0) is 105 Å². The van der Waals surface area contributed by atoms with Gasteiger partial charge < -0.3 is 55.3 Å². The predicted octanol–water partition coefficient (Wildman–Crippen LogP) is 18.2. The molecule has 0 saturated carbocycles. The van der Waals surface area contributed by atoms with Crippen molar-refractivity contribution in [2.75, 3.05) is 19.8 Å². The zero-order valence-electron chi connectivity index (χ0n) is 64.1. The van der Waals surface area contributed by atoms with Crippen LogP contribution in [-0.4, -0.2) is 139 Å². The number of benzene rings is 5. The van der Waals surface area contributed by atoms with Crippen LogP contribution in [0.5, 0.6) is 0 Å². The van der Waals surface area contributed by atoms with Crippen LogP contribution in [0, 0.1) is 35.7 Å². The summed E-state index contributed by atoms with van der Waals surface area (Å²) in [6.45, 7) is 31.0. The SMILES string of the molecule is CC(=[OH+])C=C(C)O.CC(=[OH+])C=C(C)O.CC(=[OH+])C=C(C)O.CC(=[OH+])C=C(C)O.CC(O)=CC(C)[OH2+].CC1(C)CCC(C)(C)C(c2[c-]cccc2)=N1.CC1(C)CCCC(c2[c-]cccc2)=N1.[Ir].[Ir].[Ir].[Ir].[Ir].[c-]1ccccc1C1=NCCC=C1.[c-]1ccccc1C1=NCCCC1.[c-]1ccccc1C1=NCOC=C1. The topological polar surface area (TPSA) is 281 Å². The number of aliphatic hydroxyl groups excluding tert-OH is 5. The van der Waals surface area contributed by atoms with Gasteiger partial charge in [0.05, 0.1) is 87.1 Å². The van der Waals surface area contributed by atoms with E-state index in [0.717, 1.165) is 66.9 Å². The summed E-state index contributed by atoms with van der Waals surface area (Å²) in [6.07, 6.45) is 24.6. The second-order valence-electron chi connectivity index (χ2n) is 26.0. The van der Waals surface area contributed by atoms with Crippen molar-refractivity contribution < 1.29 is 155 Å². The van der Waals surface area contributed by atoms with Crippen molar-refractivity contribution in [3.05, 3.63) is 263 Å². The van der Waals surface area contributed by atoms with Crippen LogP contribution in [0.4, 0.5) is 0 Å². The summed E-state index contributed by atoms with van der Waals surface area (Å²) in [6, 6.07) is 56.0. The average Bonchev–Trinajstić information content (AvgIpc) is 0.786. The van der Waals surface area contributed by atoms with Gasteiger partial charge >= 0.3 is 23.1 Å². The van der Waals surface area contributed by atoms with E-state index in [1.807, 2.05) is 97.1 Å². The molecule has 0 fully saturated rings. The molecule has 21 heteroatoms. The van der Waals surface area contributed by atoms with Gasteiger partial charge in [0.25, 0.3) is 0 Å². The van der Waals surface area contributed by atoms with E-state index >= 15 is 0 Å². The van der Waals surface area contributed by atoms with E-state index in [1.54, 1.807) is 20.1 Å². The fourth-order valence-corrected chi connectivity index (χ4v) is 9.48. The molecular formula is C85H113Ir5N5O11. The molecule has 5 aromatic rings. The van der Waals surface area contributed by atoms with Crippen molar-refractivity contribution >= 4 is 51.7 Å². The maximum absolute atomic E-state index is 8.46. The van der Waals surface area contributed by atoms with Gasteiger partial charge in [0, 0.05) is 138 Å². The summed E-state index contributed by atoms with van der Waals surface area (Å²) >= 11 is 0. The van der Waals surface area contributed by atoms with Crippen LogP contribution in [0.3, 0.4) is 0 Å². The van der Waals surface area contributed by atoms with E-state index in [-0.39, 0.29) is 175 Å². The van der Waals surface area contributed by atoms with Gasteiger partial charge in [-0.15, -0.1) is 179 Å². The van der Waals surface area contributed by atoms with Gasteiger partial charge in [0.1, 0.15) is 0 Å². The van der Waals surface area contributed by atoms with Gasteiger partial charge in [-0.05, 0) is 147 Å². The van der Waals surface area contributed by atoms with E-state index in [2.05, 4.69) is 129 Å². The number of hydrogen-bond donors (Lipinski definition) is 5. The molecule has 5 aliphatic rings. The molecule has 0 aliphatic carbocycles. The Morgan fingerprint density at radius 3 is 1.14 bits per heavy atom. The predicted molar refractivity (Wildman–Crippen MR) is 422 cm³/mol. The Kier molecular flexibility index (Phi) is 62.3. The Balaban J connectivity index is -0.000000360. The molecule has 0 bridgehead atoms. The van der Waals surface area contributed by atoms with Gasteiger partial charge in [-0.3, -0.25) is 24.2 Å². The standard InChI is InChI=1S/C15H20N.C13H16N.C11H12N.C11H10N.C10H8NO.C5H10O2.4C5H8O2.5Ir/c1-14(2)10-11-15(3,4)16-13(14)12-8-6-5-7-9-12;1-13(2)10-6-9-12(14-13)11-7-4-3-5-8-11;2*1-2-6-10(7-3-1)11-8-4-5-9-12-11;1-2-4-9(5-3-1)10-6-7-12-8-11-10;5*1-4(6)3-5(2)7;;;;;/h5-8H,10-11H2,1-4H3;3-5,7H,6,9-10H2,1-2H3;1-3,6H,4-5,8-9H2;1-4,6,8H,5,9H2;1-4,6-7H,8H2;3-4,6-7H,1-2H3;4*3,6H,1-2H3;;;;;/q5*-1;;;;;;;;;;/p+5. The molecule has 0 spiro atoms. The van der Waals surface area contributed by atoms with Gasteiger partial charge in [-0.25, -0.2) is 0 Å². The summed E-state index contributed by atoms with van der Waals surface area (Å²) in [4.78, 5) is 56.4. The van der Waals surface area contributed by atoms with E-state index in [1.165, 1.54) is 146 Å². The Labute approximate surface area is 699 Å². The van der Waals surface area contributed by atoms with Crippen molar-refractivity contribution in [2.45, 2.75) is 186 Å². The van der Waals surface area contributed by atoms with Crippen LogP contribution < -0.4 is 0 Å². The summed E-state index contributed by atoms with van der Waals surface area (Å²) in [5.41, 5.74) is 11.6. The van der Waals surface area contributed by atoms with Crippen LogP contribution >= 0.6 is 0 Å². The van der Waals surface area contributed by atoms with Gasteiger partial charge in [-0.2, -0.15) is 0 Å². The van der Waals surface area contributed by atoms with Crippen LogP contribution in [0.1, 0.15) is 196 Å². The number of dihydropyridines is 1. The normalized spacial score (nSPS) is 15.7. The second-order valence-corrected chi connectivity index (χ2v) is 26.0. The molecular weight excluding hydrogens is 2230 g/mol. The van der Waals surface area contributed by atoms with Crippen molar-refractivity contribution in [3.8, 4) is 0 Å². The molecule has 16 nitrogen and oxygen atoms in total. The van der Waals surface area contributed by atoms with E-state index in [0.29, 0.717) is 6.73 Å². The third kappa shape index (κ3) is 55.7. The van der Waals surface area contributed by atoms with Crippen molar-refractivity contribution in [1.29, 1.82) is 0 Å². The Morgan fingerprint density at radius 1 is 0.453 bits per heavy atom. The molecule has 0 saturated heterocycles. The third-order valence-corrected chi connectivity index (χ3v) is 13.8. The fourth-order valence-electron chi connectivity index (χ4n) is 9.48. The molecule has 106 heavy (non-hydrogen) atoms. The summed E-state index contributed by atoms with van der Waals surface area (Å²) in [5, 5.41) is 48.9. The summed E-state index contributed by atoms with van der Waals surface area (Å²) < 4.78 is 4.94. The molecule has 5 heterocycles. The first-order chi connectivity index (χ1) is 47.6. The number of aliphatic hydroxyl groups is 5. The number of rotatable bonds is 10. The number of aliphatic imine (C=N–C) groups is 5. The maximum atomic E-state index is 8.46. The van der Waals surface area contributed by atoms with Gasteiger partial charge in [0.15, 0.2) is 12.8 Å². The van der Waals surface area contributed by atoms with E-state index in [4.69, 9.17) is 64.5 Å². The Hall–Kier alpha value is -6.68. The minimum absolute atomic E-state index is 0. The monoisotopic (exact) mass is 2340 g/mol. The first-order valence-electron chi connectivity index (χ1n) is 33.9. The summed E-state index contributed by atoms with van der Waals surface area (Å²) in [7, 11) is 0. The van der Waals surface area contributed by atoms with Crippen LogP contribution in [0.25, 0.3) is 0 Å². The van der Waals surface area contributed by atoms with Crippen LogP contribution in [0.2, 0.25) is 0 Å². The number of hydrogen-bond acceptors (Lipinski definition) is 11. The van der Waals surface area contributed by atoms with Crippen LogP contribution in [0.15, 0.2) is 230 Å². The average molecular weight is 2340 g/mol. The quantitative estimate of drug-likeness (QED) is 0.0392. The third-order valence-electron chi connectivity index (χ3n) is 13.8. The first kappa shape index (κ1) is 108. The molecule has 1 unspecified atom stereocenters. The van der Waals surface area contributed by atoms with E-state index < -0.39 is 0 Å². The van der Waals surface area contributed by atoms with E-state index in [9.17, 15) is 0 Å². The smallest absolute Gasteiger partial charge is 0.316 e. The van der Waals surface area contributed by atoms with Crippen molar-refractivity contribution in [2.24, 2.45) is 30.4 Å². The van der Waals surface area contributed by atoms with Crippen molar-refractivity contribution in [1.82, 2.24) is 0 Å². The number of nitrogens with zero attached hydrogens (tertiary/aromatic N) is 5. The molecule has 589 valence electrons. The Bertz CT molecular complexity index is 3490. The fraction of sp³-hybridized carbons (Fsp3) is 0.376. The molecule has 10 rings (SSSR count). The Morgan fingerprint density at radius 2 is 0.840 bits per heavy atom. The minimum atomic E-state index is -0.287. The van der Waals surface area contributed by atoms with Crippen molar-refractivity contribution in [3.63, 3.8) is 0 Å². The van der Waals surface area contributed by atoms with Gasteiger partial charge in [-0.1, -0.05) is 38.8 Å². The number of ketones is 4. The number of allylic oxidation sites excluding steroid dienone is 11.